The molecule has 0 spiro atoms. The molecule has 0 aliphatic carbocycles. The Hall–Kier alpha value is -2.28. The van der Waals surface area contributed by atoms with Crippen molar-refractivity contribution in [2.75, 3.05) is 0 Å². The molecule has 0 unspecified atom stereocenters. The number of halogens is 1. The van der Waals surface area contributed by atoms with Crippen LogP contribution in [0.1, 0.15) is 10.5 Å². The van der Waals surface area contributed by atoms with Crippen molar-refractivity contribution in [3.8, 4) is 5.69 Å². The van der Waals surface area contributed by atoms with E-state index < -0.39 is 5.97 Å². The van der Waals surface area contributed by atoms with E-state index in [-0.39, 0.29) is 5.69 Å². The summed E-state index contributed by atoms with van der Waals surface area (Å²) in [5.74, 6) is -1.06. The molecule has 7 heteroatoms. The lowest BCUT2D eigenvalue weighted by Crippen LogP contribution is -2.02. The van der Waals surface area contributed by atoms with Gasteiger partial charge in [0.15, 0.2) is 5.69 Å². The maximum absolute atomic E-state index is 10.8. The molecule has 3 aromatic rings. The second-order valence-electron chi connectivity index (χ2n) is 3.80. The monoisotopic (exact) mass is 318 g/mol. The number of carboxylic acid groups (broad SMARTS) is 1. The molecule has 3 rings (SSSR count). The molecule has 0 fully saturated rings. The van der Waals surface area contributed by atoms with E-state index >= 15 is 0 Å². The number of nitrogens with zero attached hydrogens (tertiary/aromatic N) is 4. The van der Waals surface area contributed by atoms with Crippen molar-refractivity contribution >= 4 is 32.9 Å². The molecule has 3 aromatic heterocycles. The number of carbonyl (C=O) groups is 1. The van der Waals surface area contributed by atoms with Crippen LogP contribution in [0, 0.1) is 0 Å². The minimum Gasteiger partial charge on any atom is -0.476 e. The van der Waals surface area contributed by atoms with E-state index in [2.05, 4.69) is 31.0 Å². The summed E-state index contributed by atoms with van der Waals surface area (Å²) in [6.45, 7) is 0. The average Bonchev–Trinajstić information content (AvgIpc) is 2.87. The first-order chi connectivity index (χ1) is 9.15. The Morgan fingerprint density at radius 3 is 2.89 bits per heavy atom. The topological polar surface area (TPSA) is 80.9 Å². The van der Waals surface area contributed by atoms with Crippen molar-refractivity contribution in [1.29, 1.82) is 0 Å². The molecule has 94 valence electrons. The molecule has 0 saturated carbocycles. The van der Waals surface area contributed by atoms with Crippen molar-refractivity contribution in [3.63, 3.8) is 0 Å². The maximum Gasteiger partial charge on any atom is 0.356 e. The summed E-state index contributed by atoms with van der Waals surface area (Å²) in [7, 11) is 0. The zero-order valence-electron chi connectivity index (χ0n) is 9.49. The van der Waals surface area contributed by atoms with E-state index in [1.54, 1.807) is 24.7 Å². The summed E-state index contributed by atoms with van der Waals surface area (Å²) in [5, 5.41) is 12.9. The van der Waals surface area contributed by atoms with E-state index in [0.717, 1.165) is 4.47 Å². The molecule has 0 radical (unpaired) electrons. The Balaban J connectivity index is 2.21. The van der Waals surface area contributed by atoms with Gasteiger partial charge >= 0.3 is 5.97 Å². The van der Waals surface area contributed by atoms with E-state index in [1.165, 1.54) is 10.7 Å². The number of pyridine rings is 2. The normalized spacial score (nSPS) is 10.8. The molecule has 1 N–H and O–H groups in total. The van der Waals surface area contributed by atoms with Gasteiger partial charge in [-0.05, 0) is 34.1 Å². The van der Waals surface area contributed by atoms with Gasteiger partial charge in [0, 0.05) is 23.1 Å². The zero-order chi connectivity index (χ0) is 13.4. The average molecular weight is 319 g/mol. The van der Waals surface area contributed by atoms with Crippen molar-refractivity contribution in [2.45, 2.75) is 0 Å². The number of carboxylic acids is 1. The van der Waals surface area contributed by atoms with Gasteiger partial charge in [0.05, 0.1) is 11.2 Å². The number of aromatic nitrogens is 4. The van der Waals surface area contributed by atoms with Crippen LogP contribution in [0.25, 0.3) is 16.7 Å². The predicted molar refractivity (Wildman–Crippen MR) is 71.3 cm³/mol. The van der Waals surface area contributed by atoms with Crippen LogP contribution in [0.3, 0.4) is 0 Å². The van der Waals surface area contributed by atoms with Crippen LogP contribution in [0.5, 0.6) is 0 Å². The number of hydrogen-bond donors (Lipinski definition) is 1. The molecule has 0 aromatic carbocycles. The molecular formula is C12H7BrN4O2. The van der Waals surface area contributed by atoms with Gasteiger partial charge in [-0.15, -0.1) is 0 Å². The summed E-state index contributed by atoms with van der Waals surface area (Å²) in [4.78, 5) is 19.4. The first-order valence-corrected chi connectivity index (χ1v) is 6.14. The van der Waals surface area contributed by atoms with Crippen LogP contribution in [0.2, 0.25) is 0 Å². The van der Waals surface area contributed by atoms with Crippen molar-refractivity contribution in [1.82, 2.24) is 19.7 Å². The van der Waals surface area contributed by atoms with Crippen LogP contribution in [0.15, 0.2) is 41.3 Å². The Bertz CT molecular complexity index is 784. The summed E-state index contributed by atoms with van der Waals surface area (Å²) >= 11 is 3.33. The highest BCUT2D eigenvalue weighted by Crippen LogP contribution is 2.20. The first-order valence-electron chi connectivity index (χ1n) is 5.35. The molecule has 0 atom stereocenters. The molecule has 0 aliphatic heterocycles. The van der Waals surface area contributed by atoms with Gasteiger partial charge in [-0.2, -0.15) is 5.10 Å². The second-order valence-corrected chi connectivity index (χ2v) is 4.72. The van der Waals surface area contributed by atoms with Gasteiger partial charge in [-0.3, -0.25) is 9.97 Å². The molecule has 0 bridgehead atoms. The number of rotatable bonds is 2. The number of aromatic carboxylic acids is 1. The van der Waals surface area contributed by atoms with E-state index in [1.807, 2.05) is 6.07 Å². The summed E-state index contributed by atoms with van der Waals surface area (Å²) in [5.41, 5.74) is 2.04. The van der Waals surface area contributed by atoms with Gasteiger partial charge < -0.3 is 5.11 Å². The van der Waals surface area contributed by atoms with Crippen molar-refractivity contribution in [3.05, 3.63) is 47.0 Å². The standard InChI is InChI=1S/C12H7BrN4O2/c13-7-5-9-11(15-6-7)10(1-3-14-9)17-4-2-8(16-17)12(18)19/h1-6H,(H,18,19). The Morgan fingerprint density at radius 2 is 2.16 bits per heavy atom. The molecule has 0 saturated heterocycles. The number of hydrogen-bond acceptors (Lipinski definition) is 4. The molecule has 0 aliphatic rings. The first kappa shape index (κ1) is 11.8. The molecule has 3 heterocycles. The highest BCUT2D eigenvalue weighted by Gasteiger charge is 2.11. The number of fused-ring (bicyclic) bond motifs is 1. The quantitative estimate of drug-likeness (QED) is 0.784. The van der Waals surface area contributed by atoms with Crippen LogP contribution in [0.4, 0.5) is 0 Å². The third-order valence-corrected chi connectivity index (χ3v) is 3.01. The summed E-state index contributed by atoms with van der Waals surface area (Å²) < 4.78 is 2.31. The third kappa shape index (κ3) is 2.08. The summed E-state index contributed by atoms with van der Waals surface area (Å²) in [6, 6.07) is 5.02. The van der Waals surface area contributed by atoms with Gasteiger partial charge in [-0.25, -0.2) is 9.48 Å². The minimum absolute atomic E-state index is 0.0120. The predicted octanol–water partition coefficient (Wildman–Crippen LogP) is 2.28. The molecule has 0 amide bonds. The van der Waals surface area contributed by atoms with E-state index in [9.17, 15) is 4.79 Å². The van der Waals surface area contributed by atoms with Gasteiger partial charge in [-0.1, -0.05) is 0 Å². The largest absolute Gasteiger partial charge is 0.476 e. The Labute approximate surface area is 115 Å². The van der Waals surface area contributed by atoms with Gasteiger partial charge in [0.1, 0.15) is 5.52 Å². The van der Waals surface area contributed by atoms with Crippen LogP contribution >= 0.6 is 15.9 Å². The second kappa shape index (κ2) is 4.43. The van der Waals surface area contributed by atoms with Crippen LogP contribution < -0.4 is 0 Å². The Kier molecular flexibility index (Phi) is 2.75. The molecular weight excluding hydrogens is 312 g/mol. The van der Waals surface area contributed by atoms with Crippen LogP contribution in [-0.4, -0.2) is 30.8 Å². The lowest BCUT2D eigenvalue weighted by atomic mass is 10.3. The van der Waals surface area contributed by atoms with E-state index in [4.69, 9.17) is 5.11 Å². The smallest absolute Gasteiger partial charge is 0.356 e. The molecule has 6 nitrogen and oxygen atoms in total. The fourth-order valence-electron chi connectivity index (χ4n) is 1.75. The third-order valence-electron chi connectivity index (χ3n) is 2.58. The lowest BCUT2D eigenvalue weighted by molar-refractivity contribution is 0.0690. The minimum atomic E-state index is -1.06. The van der Waals surface area contributed by atoms with Crippen molar-refractivity contribution < 1.29 is 9.90 Å². The fourth-order valence-corrected chi connectivity index (χ4v) is 2.07. The Morgan fingerprint density at radius 1 is 1.32 bits per heavy atom. The molecule has 19 heavy (non-hydrogen) atoms. The maximum atomic E-state index is 10.8. The van der Waals surface area contributed by atoms with Gasteiger partial charge in [0.25, 0.3) is 0 Å². The van der Waals surface area contributed by atoms with Gasteiger partial charge in [0.2, 0.25) is 0 Å². The SMILES string of the molecule is O=C(O)c1ccn(-c2ccnc3cc(Br)cnc23)n1. The fraction of sp³-hybridized carbons (Fsp3) is 0. The van der Waals surface area contributed by atoms with Crippen LogP contribution in [-0.2, 0) is 0 Å². The highest BCUT2D eigenvalue weighted by molar-refractivity contribution is 9.10. The van der Waals surface area contributed by atoms with Crippen molar-refractivity contribution in [2.24, 2.45) is 0 Å². The van der Waals surface area contributed by atoms with E-state index in [0.29, 0.717) is 16.7 Å². The highest BCUT2D eigenvalue weighted by atomic mass is 79.9. The lowest BCUT2D eigenvalue weighted by Gasteiger charge is -2.05. The zero-order valence-corrected chi connectivity index (χ0v) is 11.1. The summed E-state index contributed by atoms with van der Waals surface area (Å²) in [6.07, 6.45) is 4.88.